The van der Waals surface area contributed by atoms with Crippen LogP contribution in [0.25, 0.3) is 0 Å². The van der Waals surface area contributed by atoms with Gasteiger partial charge in [0.15, 0.2) is 11.6 Å². The highest BCUT2D eigenvalue weighted by molar-refractivity contribution is 6.31. The van der Waals surface area contributed by atoms with Gasteiger partial charge in [0.2, 0.25) is 0 Å². The van der Waals surface area contributed by atoms with E-state index in [-0.39, 0.29) is 5.56 Å². The second-order valence-electron chi connectivity index (χ2n) is 4.83. The van der Waals surface area contributed by atoms with Crippen LogP contribution in [0, 0.1) is 11.6 Å². The van der Waals surface area contributed by atoms with Crippen molar-refractivity contribution >= 4 is 11.6 Å². The molecule has 1 aromatic carbocycles. The average Bonchev–Trinajstić information content (AvgIpc) is 2.78. The summed E-state index contributed by atoms with van der Waals surface area (Å²) < 4.78 is 28.8. The van der Waals surface area contributed by atoms with Crippen LogP contribution in [0.1, 0.15) is 36.8 Å². The van der Waals surface area contributed by atoms with E-state index in [0.29, 0.717) is 24.4 Å². The van der Waals surface area contributed by atoms with Gasteiger partial charge in [-0.2, -0.15) is 5.10 Å². The smallest absolute Gasteiger partial charge is 0.163 e. The second-order valence-corrected chi connectivity index (χ2v) is 5.21. The molecule has 0 radical (unpaired) electrons. The summed E-state index contributed by atoms with van der Waals surface area (Å²) in [6, 6.07) is 3.34. The number of nitrogens with zero attached hydrogens (tertiary/aromatic N) is 2. The fourth-order valence-corrected chi connectivity index (χ4v) is 2.68. The monoisotopic (exact) mass is 313 g/mol. The zero-order valence-electron chi connectivity index (χ0n) is 12.0. The normalized spacial score (nSPS) is 12.7. The number of aryl methyl sites for hydroxylation is 2. The largest absolute Gasteiger partial charge is 0.324 e. The fraction of sp³-hybridized carbons (Fsp3) is 0.400. The van der Waals surface area contributed by atoms with Gasteiger partial charge in [0.25, 0.3) is 0 Å². The highest BCUT2D eigenvalue weighted by atomic mass is 35.5. The van der Waals surface area contributed by atoms with Crippen molar-refractivity contribution in [2.24, 2.45) is 5.73 Å². The van der Waals surface area contributed by atoms with Crippen molar-refractivity contribution in [3.63, 3.8) is 0 Å². The molecular formula is C15H18ClF2N3. The maximum atomic E-state index is 13.8. The van der Waals surface area contributed by atoms with Crippen LogP contribution in [-0.4, -0.2) is 9.78 Å². The topological polar surface area (TPSA) is 43.8 Å². The molecule has 0 amide bonds. The van der Waals surface area contributed by atoms with Crippen LogP contribution >= 0.6 is 11.6 Å². The lowest BCUT2D eigenvalue weighted by Gasteiger charge is -2.14. The molecule has 0 aliphatic rings. The van der Waals surface area contributed by atoms with E-state index >= 15 is 0 Å². The van der Waals surface area contributed by atoms with Crippen LogP contribution in [0.3, 0.4) is 0 Å². The Morgan fingerprint density at radius 1 is 1.33 bits per heavy atom. The Morgan fingerprint density at radius 2 is 2.05 bits per heavy atom. The highest BCUT2D eigenvalue weighted by Crippen LogP contribution is 2.27. The van der Waals surface area contributed by atoms with E-state index in [1.807, 2.05) is 13.8 Å². The molecule has 0 aliphatic heterocycles. The van der Waals surface area contributed by atoms with Gasteiger partial charge < -0.3 is 5.73 Å². The van der Waals surface area contributed by atoms with Crippen LogP contribution in [0.4, 0.5) is 8.78 Å². The molecule has 1 atom stereocenters. The van der Waals surface area contributed by atoms with E-state index in [4.69, 9.17) is 17.3 Å². The maximum absolute atomic E-state index is 13.8. The number of hydrogen-bond donors (Lipinski definition) is 1. The van der Waals surface area contributed by atoms with Crippen molar-refractivity contribution in [1.82, 2.24) is 9.78 Å². The first-order chi connectivity index (χ1) is 9.99. The lowest BCUT2D eigenvalue weighted by Crippen LogP contribution is -2.18. The third-order valence-electron chi connectivity index (χ3n) is 3.49. The third-order valence-corrected chi connectivity index (χ3v) is 3.92. The first-order valence-electron chi connectivity index (χ1n) is 6.93. The molecule has 1 aromatic heterocycles. The zero-order valence-corrected chi connectivity index (χ0v) is 12.8. The summed E-state index contributed by atoms with van der Waals surface area (Å²) in [4.78, 5) is 0. The molecule has 0 saturated heterocycles. The molecule has 0 fully saturated rings. The van der Waals surface area contributed by atoms with E-state index in [1.165, 1.54) is 12.1 Å². The SMILES string of the molecule is CCc1nn(CC)c(CC(N)c2cccc(F)c2F)c1Cl. The Labute approximate surface area is 127 Å². The van der Waals surface area contributed by atoms with Gasteiger partial charge in [-0.15, -0.1) is 0 Å². The third kappa shape index (κ3) is 3.09. The molecule has 1 heterocycles. The first kappa shape index (κ1) is 15.9. The Bertz CT molecular complexity index is 640. The molecule has 0 spiro atoms. The molecule has 1 unspecified atom stereocenters. The molecule has 2 rings (SSSR count). The summed E-state index contributed by atoms with van der Waals surface area (Å²) in [7, 11) is 0. The first-order valence-corrected chi connectivity index (χ1v) is 7.30. The van der Waals surface area contributed by atoms with E-state index < -0.39 is 17.7 Å². The Morgan fingerprint density at radius 3 is 2.67 bits per heavy atom. The molecule has 0 bridgehead atoms. The van der Waals surface area contributed by atoms with Gasteiger partial charge in [-0.3, -0.25) is 4.68 Å². The van der Waals surface area contributed by atoms with Gasteiger partial charge in [0.1, 0.15) is 0 Å². The number of benzene rings is 1. The number of aromatic nitrogens is 2. The van der Waals surface area contributed by atoms with E-state index in [1.54, 1.807) is 4.68 Å². The molecule has 2 N–H and O–H groups in total. The lowest BCUT2D eigenvalue weighted by atomic mass is 10.0. The van der Waals surface area contributed by atoms with Crippen molar-refractivity contribution in [3.8, 4) is 0 Å². The van der Waals surface area contributed by atoms with E-state index in [9.17, 15) is 8.78 Å². The molecule has 21 heavy (non-hydrogen) atoms. The summed E-state index contributed by atoms with van der Waals surface area (Å²) in [6.07, 6.45) is 1.02. The lowest BCUT2D eigenvalue weighted by molar-refractivity contribution is 0.484. The molecule has 0 saturated carbocycles. The number of nitrogens with two attached hydrogens (primary N) is 1. The molecule has 3 nitrogen and oxygen atoms in total. The minimum atomic E-state index is -0.903. The Hall–Kier alpha value is -1.46. The predicted molar refractivity (Wildman–Crippen MR) is 79.3 cm³/mol. The van der Waals surface area contributed by atoms with Crippen molar-refractivity contribution in [2.45, 2.75) is 39.3 Å². The van der Waals surface area contributed by atoms with Gasteiger partial charge in [-0.1, -0.05) is 30.7 Å². The van der Waals surface area contributed by atoms with Crippen LogP contribution < -0.4 is 5.73 Å². The van der Waals surface area contributed by atoms with Gasteiger partial charge in [-0.05, 0) is 19.4 Å². The summed E-state index contributed by atoms with van der Waals surface area (Å²) in [5, 5.41) is 4.96. The maximum Gasteiger partial charge on any atom is 0.163 e. The van der Waals surface area contributed by atoms with Crippen molar-refractivity contribution in [3.05, 3.63) is 51.8 Å². The molecule has 6 heteroatoms. The standard InChI is InChI=1S/C15H18ClF2N3/c1-3-12-14(16)13(21(4-2)20-12)8-11(19)9-6-5-7-10(17)15(9)18/h5-7,11H,3-4,8,19H2,1-2H3. The van der Waals surface area contributed by atoms with Gasteiger partial charge in [0.05, 0.1) is 16.4 Å². The van der Waals surface area contributed by atoms with Crippen LogP contribution in [0.5, 0.6) is 0 Å². The second kappa shape index (κ2) is 6.54. The zero-order chi connectivity index (χ0) is 15.6. The van der Waals surface area contributed by atoms with E-state index in [2.05, 4.69) is 5.10 Å². The average molecular weight is 314 g/mol. The molecule has 0 aliphatic carbocycles. The van der Waals surface area contributed by atoms with Crippen LogP contribution in [-0.2, 0) is 19.4 Å². The predicted octanol–water partition coefficient (Wildman–Crippen LogP) is 3.64. The minimum absolute atomic E-state index is 0.146. The summed E-state index contributed by atoms with van der Waals surface area (Å²) in [5.41, 5.74) is 7.73. The molecule has 2 aromatic rings. The van der Waals surface area contributed by atoms with Gasteiger partial charge >= 0.3 is 0 Å². The molecule has 114 valence electrons. The highest BCUT2D eigenvalue weighted by Gasteiger charge is 2.20. The van der Waals surface area contributed by atoms with Gasteiger partial charge in [0, 0.05) is 24.6 Å². The quantitative estimate of drug-likeness (QED) is 0.916. The fourth-order valence-electron chi connectivity index (χ4n) is 2.34. The Kier molecular flexibility index (Phi) is 4.96. The number of rotatable bonds is 5. The number of hydrogen-bond acceptors (Lipinski definition) is 2. The minimum Gasteiger partial charge on any atom is -0.324 e. The summed E-state index contributed by atoms with van der Waals surface area (Å²) in [6.45, 7) is 4.55. The van der Waals surface area contributed by atoms with Gasteiger partial charge in [-0.25, -0.2) is 8.78 Å². The van der Waals surface area contributed by atoms with Crippen LogP contribution in [0.2, 0.25) is 5.02 Å². The summed E-state index contributed by atoms with van der Waals surface area (Å²) >= 11 is 6.30. The molecular weight excluding hydrogens is 296 g/mol. The van der Waals surface area contributed by atoms with E-state index in [0.717, 1.165) is 17.5 Å². The van der Waals surface area contributed by atoms with Crippen molar-refractivity contribution in [1.29, 1.82) is 0 Å². The van der Waals surface area contributed by atoms with Crippen molar-refractivity contribution in [2.75, 3.05) is 0 Å². The van der Waals surface area contributed by atoms with Crippen LogP contribution in [0.15, 0.2) is 18.2 Å². The number of halogens is 3. The van der Waals surface area contributed by atoms with Crippen molar-refractivity contribution < 1.29 is 8.78 Å². The summed E-state index contributed by atoms with van der Waals surface area (Å²) in [5.74, 6) is -1.80. The Balaban J connectivity index is 2.33.